The van der Waals surface area contributed by atoms with Crippen molar-refractivity contribution in [2.45, 2.75) is 102 Å². The van der Waals surface area contributed by atoms with Gasteiger partial charge in [-0.05, 0) is 70.5 Å². The van der Waals surface area contributed by atoms with Crippen LogP contribution < -0.4 is 10.6 Å². The predicted molar refractivity (Wildman–Crippen MR) is 138 cm³/mol. The first-order valence-corrected chi connectivity index (χ1v) is 13.6. The van der Waals surface area contributed by atoms with Crippen molar-refractivity contribution in [1.29, 1.82) is 0 Å². The summed E-state index contributed by atoms with van der Waals surface area (Å²) < 4.78 is 17.3. The Kier molecular flexibility index (Phi) is 7.89. The second kappa shape index (κ2) is 11.1. The molecule has 5 rings (SSSR count). The molecule has 2 aromatic rings. The third kappa shape index (κ3) is 5.81. The Morgan fingerprint density at radius 1 is 1.00 bits per heavy atom. The number of fused-ring (bicyclic) bond motifs is 3. The van der Waals surface area contributed by atoms with Crippen LogP contribution in [0.2, 0.25) is 0 Å². The molecule has 0 unspecified atom stereocenters. The molecule has 1 aromatic heterocycles. The summed E-state index contributed by atoms with van der Waals surface area (Å²) in [7, 11) is 0. The zero-order valence-corrected chi connectivity index (χ0v) is 21.2. The van der Waals surface area contributed by atoms with Gasteiger partial charge < -0.3 is 30.0 Å². The molecular formula is C28H41N3O4. The van der Waals surface area contributed by atoms with Crippen LogP contribution in [0.25, 0.3) is 10.9 Å². The van der Waals surface area contributed by atoms with E-state index in [1.54, 1.807) is 0 Å². The molecule has 3 aliphatic rings. The minimum absolute atomic E-state index is 0.276. The van der Waals surface area contributed by atoms with Crippen molar-refractivity contribution in [1.82, 2.24) is 10.3 Å². The number of nitrogens with zero attached hydrogens (tertiary/aromatic N) is 1. The summed E-state index contributed by atoms with van der Waals surface area (Å²) >= 11 is 0. The molecule has 35 heavy (non-hydrogen) atoms. The summed E-state index contributed by atoms with van der Waals surface area (Å²) in [6, 6.07) is 8.54. The lowest BCUT2D eigenvalue weighted by atomic mass is 9.92. The van der Waals surface area contributed by atoms with Gasteiger partial charge in [0.1, 0.15) is 18.3 Å². The second-order valence-corrected chi connectivity index (χ2v) is 10.7. The number of hydrogen-bond donors (Lipinski definition) is 3. The highest BCUT2D eigenvalue weighted by Crippen LogP contribution is 2.37. The van der Waals surface area contributed by atoms with Crippen LogP contribution in [0.3, 0.4) is 0 Å². The Morgan fingerprint density at radius 3 is 2.63 bits per heavy atom. The van der Waals surface area contributed by atoms with Crippen LogP contribution in [0.15, 0.2) is 24.3 Å². The van der Waals surface area contributed by atoms with Crippen molar-refractivity contribution in [2.75, 3.05) is 25.0 Å². The number of aliphatic hydroxyl groups excluding tert-OH is 1. The van der Waals surface area contributed by atoms with E-state index in [0.29, 0.717) is 6.54 Å². The molecule has 2 aliphatic heterocycles. The Labute approximate surface area is 208 Å². The summed E-state index contributed by atoms with van der Waals surface area (Å²) in [4.78, 5) is 4.94. The van der Waals surface area contributed by atoms with Gasteiger partial charge in [0.05, 0.1) is 5.52 Å². The number of ether oxygens (including phenoxy) is 3. The summed E-state index contributed by atoms with van der Waals surface area (Å²) in [5.74, 6) is -0.685. The topological polar surface area (TPSA) is 84.9 Å². The maximum absolute atomic E-state index is 10.4. The van der Waals surface area contributed by atoms with Gasteiger partial charge >= 0.3 is 0 Å². The van der Waals surface area contributed by atoms with E-state index in [1.165, 1.54) is 60.9 Å². The number of aromatic nitrogens is 1. The van der Waals surface area contributed by atoms with Crippen molar-refractivity contribution >= 4 is 16.6 Å². The second-order valence-electron chi connectivity index (χ2n) is 10.7. The van der Waals surface area contributed by atoms with E-state index in [2.05, 4.69) is 34.9 Å². The number of hydrogen-bond acceptors (Lipinski definition) is 7. The van der Waals surface area contributed by atoms with Crippen molar-refractivity contribution in [3.05, 3.63) is 35.5 Å². The monoisotopic (exact) mass is 483 g/mol. The quantitative estimate of drug-likeness (QED) is 0.411. The van der Waals surface area contributed by atoms with Gasteiger partial charge in [0, 0.05) is 29.9 Å². The van der Waals surface area contributed by atoms with Crippen LogP contribution >= 0.6 is 0 Å². The molecule has 4 atom stereocenters. The lowest BCUT2D eigenvalue weighted by Gasteiger charge is -2.23. The van der Waals surface area contributed by atoms with Gasteiger partial charge in [-0.3, -0.25) is 4.98 Å². The highest BCUT2D eigenvalue weighted by molar-refractivity contribution is 5.93. The zero-order chi connectivity index (χ0) is 24.3. The van der Waals surface area contributed by atoms with E-state index in [0.717, 1.165) is 37.9 Å². The Bertz CT molecular complexity index is 998. The number of rotatable bonds is 11. The number of unbranched alkanes of at least 4 members (excludes halogenated alkanes) is 4. The maximum Gasteiger partial charge on any atom is 0.190 e. The lowest BCUT2D eigenvalue weighted by molar-refractivity contribution is -0.214. The molecule has 3 heterocycles. The number of benzene rings is 1. The van der Waals surface area contributed by atoms with Gasteiger partial charge in [0.2, 0.25) is 0 Å². The molecule has 0 saturated carbocycles. The fourth-order valence-corrected chi connectivity index (χ4v) is 5.66. The first kappa shape index (κ1) is 24.9. The van der Waals surface area contributed by atoms with Gasteiger partial charge in [-0.15, -0.1) is 0 Å². The average Bonchev–Trinajstić information content (AvgIpc) is 3.31. The van der Waals surface area contributed by atoms with Crippen LogP contribution in [0, 0.1) is 0 Å². The van der Waals surface area contributed by atoms with Crippen LogP contribution in [0.4, 0.5) is 5.69 Å². The summed E-state index contributed by atoms with van der Waals surface area (Å²) in [5.41, 5.74) is 5.19. The first-order valence-electron chi connectivity index (χ1n) is 13.6. The molecule has 2 fully saturated rings. The van der Waals surface area contributed by atoms with Gasteiger partial charge in [0.25, 0.3) is 0 Å². The van der Waals surface area contributed by atoms with Crippen LogP contribution in [0.5, 0.6) is 0 Å². The molecule has 0 radical (unpaired) electrons. The minimum Gasteiger partial charge on any atom is -0.387 e. The third-order valence-corrected chi connectivity index (χ3v) is 7.46. The van der Waals surface area contributed by atoms with E-state index in [4.69, 9.17) is 19.2 Å². The van der Waals surface area contributed by atoms with E-state index < -0.39 is 18.2 Å². The Morgan fingerprint density at radius 2 is 1.77 bits per heavy atom. The van der Waals surface area contributed by atoms with Gasteiger partial charge in [-0.1, -0.05) is 37.5 Å². The van der Waals surface area contributed by atoms with Crippen molar-refractivity contribution < 1.29 is 19.3 Å². The number of aryl methyl sites for hydroxylation is 1. The zero-order valence-electron chi connectivity index (χ0n) is 21.2. The van der Waals surface area contributed by atoms with Crippen molar-refractivity contribution in [3.63, 3.8) is 0 Å². The maximum atomic E-state index is 10.4. The average molecular weight is 484 g/mol. The number of pyridine rings is 1. The van der Waals surface area contributed by atoms with Gasteiger partial charge in [-0.25, -0.2) is 0 Å². The first-order chi connectivity index (χ1) is 17.0. The molecular weight excluding hydrogens is 442 g/mol. The number of anilines is 1. The van der Waals surface area contributed by atoms with Crippen LogP contribution in [0.1, 0.15) is 70.1 Å². The normalized spacial score (nSPS) is 27.2. The molecule has 2 saturated heterocycles. The third-order valence-electron chi connectivity index (χ3n) is 7.46. The van der Waals surface area contributed by atoms with Gasteiger partial charge in [0.15, 0.2) is 12.1 Å². The van der Waals surface area contributed by atoms with E-state index >= 15 is 0 Å². The smallest absolute Gasteiger partial charge is 0.190 e. The Balaban J connectivity index is 0.963. The molecule has 0 bridgehead atoms. The lowest BCUT2D eigenvalue weighted by Crippen LogP contribution is -2.40. The predicted octanol–water partition coefficient (Wildman–Crippen LogP) is 4.30. The number of para-hydroxylation sites is 1. The summed E-state index contributed by atoms with van der Waals surface area (Å²) in [5, 5.41) is 18.9. The molecule has 7 heteroatoms. The molecule has 1 aliphatic carbocycles. The van der Waals surface area contributed by atoms with Gasteiger partial charge in [-0.2, -0.15) is 0 Å². The van der Waals surface area contributed by atoms with Crippen LogP contribution in [-0.2, 0) is 27.1 Å². The fraction of sp³-hybridized carbons (Fsp3) is 0.679. The standard InChI is InChI=1S/C28H41N3O4/c1-28(2)34-26-25(32)23(33-27(26)35-28)18-29-16-10-4-3-5-11-17-30-24-19-12-6-8-14-21(19)31-22-15-9-7-13-20(22)24/h6,8,12,14,23,25-27,29,32H,3-5,7,9-11,13,15-18H2,1-2H3,(H,30,31)/t23-,25+,26-,27-/m1/s1. The largest absolute Gasteiger partial charge is 0.387 e. The van der Waals surface area contributed by atoms with E-state index in [-0.39, 0.29) is 12.2 Å². The highest BCUT2D eigenvalue weighted by Gasteiger charge is 2.53. The highest BCUT2D eigenvalue weighted by atomic mass is 16.8. The van der Waals surface area contributed by atoms with E-state index in [9.17, 15) is 5.11 Å². The molecule has 7 nitrogen and oxygen atoms in total. The fourth-order valence-electron chi connectivity index (χ4n) is 5.66. The van der Waals surface area contributed by atoms with E-state index in [1.807, 2.05) is 13.8 Å². The minimum atomic E-state index is -0.685. The number of nitrogens with one attached hydrogen (secondary N) is 2. The molecule has 1 aromatic carbocycles. The molecule has 3 N–H and O–H groups in total. The molecule has 0 spiro atoms. The molecule has 0 amide bonds. The van der Waals surface area contributed by atoms with Crippen molar-refractivity contribution in [2.24, 2.45) is 0 Å². The Hall–Kier alpha value is -1.77. The number of aliphatic hydroxyl groups is 1. The summed E-state index contributed by atoms with van der Waals surface area (Å²) in [6.07, 6.45) is 8.99. The SMILES string of the molecule is CC1(C)O[C@H]2O[C@H](CNCCCCCCCNc3c4c(nc5ccccc35)CCCC4)[C@H](O)[C@H]2O1. The van der Waals surface area contributed by atoms with Crippen LogP contribution in [-0.4, -0.2) is 60.1 Å². The summed E-state index contributed by atoms with van der Waals surface area (Å²) in [6.45, 7) is 6.26. The molecule has 192 valence electrons. The van der Waals surface area contributed by atoms with Crippen molar-refractivity contribution in [3.8, 4) is 0 Å².